The smallest absolute Gasteiger partial charge is 0.344 e. The first-order valence-corrected chi connectivity index (χ1v) is 6.33. The van der Waals surface area contributed by atoms with E-state index in [-0.39, 0.29) is 6.61 Å². The van der Waals surface area contributed by atoms with E-state index in [9.17, 15) is 9.59 Å². The third-order valence-electron chi connectivity index (χ3n) is 2.45. The summed E-state index contributed by atoms with van der Waals surface area (Å²) in [5.74, 6) is -0.0297. The van der Waals surface area contributed by atoms with Gasteiger partial charge in [-0.3, -0.25) is 0 Å². The molecule has 0 saturated heterocycles. The Balaban J connectivity index is 2.77. The molecule has 0 fully saturated rings. The second-order valence-corrected chi connectivity index (χ2v) is 3.86. The lowest BCUT2D eigenvalue weighted by molar-refractivity contribution is -0.145. The van der Waals surface area contributed by atoms with Crippen LogP contribution in [0.3, 0.4) is 0 Å². The van der Waals surface area contributed by atoms with Crippen molar-refractivity contribution in [2.75, 3.05) is 27.4 Å². The minimum absolute atomic E-state index is 0.193. The largest absolute Gasteiger partial charge is 0.493 e. The number of rotatable bonds is 7. The Bertz CT molecular complexity index is 521. The zero-order valence-electron chi connectivity index (χ0n) is 12.3. The van der Waals surface area contributed by atoms with Crippen LogP contribution in [0.15, 0.2) is 24.3 Å². The summed E-state index contributed by atoms with van der Waals surface area (Å²) in [5, 5.41) is 0. The van der Waals surface area contributed by atoms with E-state index in [1.165, 1.54) is 20.3 Å². The fourth-order valence-corrected chi connectivity index (χ4v) is 1.48. The van der Waals surface area contributed by atoms with Crippen molar-refractivity contribution in [3.05, 3.63) is 29.8 Å². The van der Waals surface area contributed by atoms with Crippen molar-refractivity contribution in [1.82, 2.24) is 0 Å². The molecule has 0 N–H and O–H groups in total. The van der Waals surface area contributed by atoms with E-state index >= 15 is 0 Å². The van der Waals surface area contributed by atoms with Gasteiger partial charge in [0, 0.05) is 6.08 Å². The summed E-state index contributed by atoms with van der Waals surface area (Å²) in [6.07, 6.45) is 2.89. The minimum Gasteiger partial charge on any atom is -0.493 e. The maximum Gasteiger partial charge on any atom is 0.344 e. The number of hydrogen-bond acceptors (Lipinski definition) is 6. The van der Waals surface area contributed by atoms with E-state index in [1.54, 1.807) is 31.2 Å². The van der Waals surface area contributed by atoms with Crippen molar-refractivity contribution in [1.29, 1.82) is 0 Å². The number of carbonyl (C=O) groups is 2. The average molecular weight is 294 g/mol. The van der Waals surface area contributed by atoms with Crippen LogP contribution in [-0.4, -0.2) is 39.4 Å². The SMILES string of the molecule is CCOC(=O)COc1ccc(/C=C/C(=O)OC)cc1OC. The average Bonchev–Trinajstić information content (AvgIpc) is 2.51. The van der Waals surface area contributed by atoms with Gasteiger partial charge in [-0.15, -0.1) is 0 Å². The highest BCUT2D eigenvalue weighted by Crippen LogP contribution is 2.28. The van der Waals surface area contributed by atoms with E-state index in [2.05, 4.69) is 4.74 Å². The van der Waals surface area contributed by atoms with E-state index in [0.717, 1.165) is 5.56 Å². The third-order valence-corrected chi connectivity index (χ3v) is 2.45. The summed E-state index contributed by atoms with van der Waals surface area (Å²) in [6, 6.07) is 5.05. The summed E-state index contributed by atoms with van der Waals surface area (Å²) in [5.41, 5.74) is 0.737. The van der Waals surface area contributed by atoms with Gasteiger partial charge < -0.3 is 18.9 Å². The summed E-state index contributed by atoms with van der Waals surface area (Å²) in [4.78, 5) is 22.3. The lowest BCUT2D eigenvalue weighted by Gasteiger charge is -2.10. The Morgan fingerprint density at radius 3 is 2.57 bits per heavy atom. The summed E-state index contributed by atoms with van der Waals surface area (Å²) < 4.78 is 19.8. The molecular formula is C15H18O6. The first-order chi connectivity index (χ1) is 10.1. The molecule has 0 spiro atoms. The highest BCUT2D eigenvalue weighted by atomic mass is 16.6. The Hall–Kier alpha value is -2.50. The first-order valence-electron chi connectivity index (χ1n) is 6.33. The third kappa shape index (κ3) is 5.56. The van der Waals surface area contributed by atoms with E-state index < -0.39 is 11.9 Å². The molecule has 1 aromatic carbocycles. The van der Waals surface area contributed by atoms with Gasteiger partial charge in [0.05, 0.1) is 20.8 Å². The zero-order chi connectivity index (χ0) is 15.7. The Labute approximate surface area is 123 Å². The molecule has 6 nitrogen and oxygen atoms in total. The highest BCUT2D eigenvalue weighted by Gasteiger charge is 2.08. The molecule has 0 amide bonds. The van der Waals surface area contributed by atoms with Crippen LogP contribution in [0.1, 0.15) is 12.5 Å². The molecule has 1 aromatic rings. The van der Waals surface area contributed by atoms with Gasteiger partial charge in [-0.05, 0) is 30.7 Å². The maximum absolute atomic E-state index is 11.2. The second-order valence-electron chi connectivity index (χ2n) is 3.86. The first kappa shape index (κ1) is 16.6. The predicted octanol–water partition coefficient (Wildman–Crippen LogP) is 1.82. The second kappa shape index (κ2) is 8.63. The van der Waals surface area contributed by atoms with Gasteiger partial charge in [-0.25, -0.2) is 9.59 Å². The van der Waals surface area contributed by atoms with Crippen molar-refractivity contribution >= 4 is 18.0 Å². The fraction of sp³-hybridized carbons (Fsp3) is 0.333. The van der Waals surface area contributed by atoms with Gasteiger partial charge in [-0.1, -0.05) is 6.07 Å². The molecule has 0 aliphatic heterocycles. The normalized spacial score (nSPS) is 10.2. The molecular weight excluding hydrogens is 276 g/mol. The van der Waals surface area contributed by atoms with Gasteiger partial charge in [0.25, 0.3) is 0 Å². The van der Waals surface area contributed by atoms with Crippen molar-refractivity contribution < 1.29 is 28.5 Å². The van der Waals surface area contributed by atoms with Crippen LogP contribution in [0.5, 0.6) is 11.5 Å². The minimum atomic E-state index is -0.450. The van der Waals surface area contributed by atoms with E-state index in [1.807, 2.05) is 0 Å². The quantitative estimate of drug-likeness (QED) is 0.564. The molecule has 0 saturated carbocycles. The monoisotopic (exact) mass is 294 g/mol. The van der Waals surface area contributed by atoms with E-state index in [4.69, 9.17) is 14.2 Å². The number of esters is 2. The standard InChI is InChI=1S/C15H18O6/c1-4-20-15(17)10-21-12-7-5-11(9-13(12)18-2)6-8-14(16)19-3/h5-9H,4,10H2,1-3H3/b8-6+. The fourth-order valence-electron chi connectivity index (χ4n) is 1.48. The molecule has 6 heteroatoms. The van der Waals surface area contributed by atoms with Crippen LogP contribution >= 0.6 is 0 Å². The molecule has 114 valence electrons. The van der Waals surface area contributed by atoms with Crippen molar-refractivity contribution in [2.24, 2.45) is 0 Å². The van der Waals surface area contributed by atoms with Crippen molar-refractivity contribution in [2.45, 2.75) is 6.92 Å². The van der Waals surface area contributed by atoms with Gasteiger partial charge in [-0.2, -0.15) is 0 Å². The molecule has 1 rings (SSSR count). The van der Waals surface area contributed by atoms with Gasteiger partial charge in [0.1, 0.15) is 0 Å². The molecule has 0 atom stereocenters. The highest BCUT2D eigenvalue weighted by molar-refractivity contribution is 5.87. The molecule has 0 heterocycles. The van der Waals surface area contributed by atoms with Crippen molar-refractivity contribution in [3.63, 3.8) is 0 Å². The maximum atomic E-state index is 11.2. The van der Waals surface area contributed by atoms with Crippen LogP contribution in [0.2, 0.25) is 0 Å². The summed E-state index contributed by atoms with van der Waals surface area (Å²) >= 11 is 0. The summed E-state index contributed by atoms with van der Waals surface area (Å²) in [6.45, 7) is 1.83. The zero-order valence-corrected chi connectivity index (χ0v) is 12.3. The Kier molecular flexibility index (Phi) is 6.80. The van der Waals surface area contributed by atoms with E-state index in [0.29, 0.717) is 18.1 Å². The Morgan fingerprint density at radius 1 is 1.19 bits per heavy atom. The molecule has 0 bridgehead atoms. The van der Waals surface area contributed by atoms with Crippen LogP contribution in [-0.2, 0) is 19.1 Å². The van der Waals surface area contributed by atoms with Gasteiger partial charge in [0.15, 0.2) is 18.1 Å². The Morgan fingerprint density at radius 2 is 1.95 bits per heavy atom. The van der Waals surface area contributed by atoms with Gasteiger partial charge in [0.2, 0.25) is 0 Å². The van der Waals surface area contributed by atoms with Gasteiger partial charge >= 0.3 is 11.9 Å². The van der Waals surface area contributed by atoms with Crippen LogP contribution in [0, 0.1) is 0 Å². The number of methoxy groups -OCH3 is 2. The molecule has 0 radical (unpaired) electrons. The summed E-state index contributed by atoms with van der Waals surface area (Å²) in [7, 11) is 2.79. The molecule has 0 unspecified atom stereocenters. The number of carbonyl (C=O) groups excluding carboxylic acids is 2. The molecule has 0 aliphatic rings. The lowest BCUT2D eigenvalue weighted by atomic mass is 10.2. The van der Waals surface area contributed by atoms with Crippen LogP contribution in [0.4, 0.5) is 0 Å². The molecule has 21 heavy (non-hydrogen) atoms. The number of ether oxygens (including phenoxy) is 4. The van der Waals surface area contributed by atoms with Crippen LogP contribution in [0.25, 0.3) is 6.08 Å². The lowest BCUT2D eigenvalue weighted by Crippen LogP contribution is -2.14. The number of benzene rings is 1. The molecule has 0 aliphatic carbocycles. The topological polar surface area (TPSA) is 71.1 Å². The number of hydrogen-bond donors (Lipinski definition) is 0. The molecule has 0 aromatic heterocycles. The van der Waals surface area contributed by atoms with Crippen molar-refractivity contribution in [3.8, 4) is 11.5 Å². The van der Waals surface area contributed by atoms with Crippen LogP contribution < -0.4 is 9.47 Å². The predicted molar refractivity (Wildman–Crippen MR) is 76.2 cm³/mol.